The first-order valence-corrected chi connectivity index (χ1v) is 14.4. The molecule has 0 saturated heterocycles. The first-order chi connectivity index (χ1) is 21.2. The van der Waals surface area contributed by atoms with Crippen LogP contribution in [0.4, 0.5) is 0 Å². The molecule has 0 bridgehead atoms. The van der Waals surface area contributed by atoms with Crippen LogP contribution in [0.2, 0.25) is 0 Å². The van der Waals surface area contributed by atoms with Crippen LogP contribution in [0, 0.1) is 0 Å². The maximum Gasteiger partial charge on any atom is 0.331 e. The number of fused-ring (bicyclic) bond motifs is 6. The number of methoxy groups -OCH3 is 3. The third kappa shape index (κ3) is 4.54. The van der Waals surface area contributed by atoms with Gasteiger partial charge in [-0.1, -0.05) is 72.8 Å². The van der Waals surface area contributed by atoms with Crippen molar-refractivity contribution in [3.63, 3.8) is 0 Å². The van der Waals surface area contributed by atoms with E-state index in [0.29, 0.717) is 17.2 Å². The summed E-state index contributed by atoms with van der Waals surface area (Å²) in [6, 6.07) is 33.7. The van der Waals surface area contributed by atoms with Gasteiger partial charge in [-0.15, -0.1) is 0 Å². The highest BCUT2D eigenvalue weighted by Gasteiger charge is 2.27. The lowest BCUT2D eigenvalue weighted by Crippen LogP contribution is -2.33. The predicted octanol–water partition coefficient (Wildman–Crippen LogP) is 7.02. The normalized spacial score (nSPS) is 11.4. The number of aryl methyl sites for hydroxylation is 2. The van der Waals surface area contributed by atoms with Crippen molar-refractivity contribution in [1.29, 1.82) is 0 Å². The molecule has 214 valence electrons. The van der Waals surface area contributed by atoms with Crippen LogP contribution in [0.5, 0.6) is 17.2 Å². The summed E-state index contributed by atoms with van der Waals surface area (Å²) in [5.41, 5.74) is 9.84. The average Bonchev–Trinajstić information content (AvgIpc) is 3.68. The number of rotatable bonds is 9. The van der Waals surface area contributed by atoms with Gasteiger partial charge in [-0.2, -0.15) is 4.40 Å². The van der Waals surface area contributed by atoms with Crippen LogP contribution >= 0.6 is 0 Å². The Morgan fingerprint density at radius 1 is 0.674 bits per heavy atom. The molecule has 3 heterocycles. The Kier molecular flexibility index (Phi) is 6.91. The summed E-state index contributed by atoms with van der Waals surface area (Å²) in [7, 11) is 4.93. The molecule has 0 aliphatic rings. The maximum atomic E-state index is 5.60. The van der Waals surface area contributed by atoms with E-state index >= 15 is 0 Å². The highest BCUT2D eigenvalue weighted by Crippen LogP contribution is 2.38. The van der Waals surface area contributed by atoms with Crippen LogP contribution in [-0.2, 0) is 13.0 Å². The number of nitrogens with zero attached hydrogens (tertiary/aromatic N) is 4. The zero-order valence-electron chi connectivity index (χ0n) is 24.5. The van der Waals surface area contributed by atoms with E-state index in [1.165, 1.54) is 0 Å². The van der Waals surface area contributed by atoms with Crippen molar-refractivity contribution in [2.75, 3.05) is 21.3 Å². The fourth-order valence-electron chi connectivity index (χ4n) is 6.11. The van der Waals surface area contributed by atoms with Crippen molar-refractivity contribution in [2.24, 2.45) is 0 Å². The molecule has 0 radical (unpaired) electrons. The molecule has 7 rings (SSSR count). The number of hydrogen-bond acceptors (Lipinski definition) is 4. The molecule has 0 fully saturated rings. The van der Waals surface area contributed by atoms with Crippen molar-refractivity contribution in [1.82, 2.24) is 13.8 Å². The number of hydrogen-bond donors (Lipinski definition) is 0. The van der Waals surface area contributed by atoms with E-state index in [-0.39, 0.29) is 0 Å². The van der Waals surface area contributed by atoms with Crippen LogP contribution in [-0.4, -0.2) is 35.1 Å². The molecule has 7 aromatic rings. The number of aromatic nitrogens is 4. The van der Waals surface area contributed by atoms with E-state index in [4.69, 9.17) is 19.2 Å². The Morgan fingerprint density at radius 2 is 1.26 bits per heavy atom. The second-order valence-electron chi connectivity index (χ2n) is 10.5. The molecule has 7 nitrogen and oxygen atoms in total. The molecule has 4 aromatic carbocycles. The van der Waals surface area contributed by atoms with Gasteiger partial charge in [0, 0.05) is 11.1 Å². The zero-order chi connectivity index (χ0) is 29.3. The summed E-state index contributed by atoms with van der Waals surface area (Å²) >= 11 is 0. The lowest BCUT2D eigenvalue weighted by molar-refractivity contribution is -0.670. The van der Waals surface area contributed by atoms with Crippen molar-refractivity contribution in [3.05, 3.63) is 115 Å². The molecule has 43 heavy (non-hydrogen) atoms. The molecule has 0 amide bonds. The zero-order valence-corrected chi connectivity index (χ0v) is 24.5. The highest BCUT2D eigenvalue weighted by molar-refractivity contribution is 5.89. The fourth-order valence-corrected chi connectivity index (χ4v) is 6.11. The Hall–Kier alpha value is -5.30. The van der Waals surface area contributed by atoms with E-state index < -0.39 is 0 Å². The van der Waals surface area contributed by atoms with Gasteiger partial charge in [0.2, 0.25) is 11.4 Å². The smallest absolute Gasteiger partial charge is 0.331 e. The van der Waals surface area contributed by atoms with E-state index in [1.807, 2.05) is 24.4 Å². The molecule has 3 aromatic heterocycles. The van der Waals surface area contributed by atoms with Crippen LogP contribution in [0.15, 0.2) is 109 Å². The second-order valence-corrected chi connectivity index (χ2v) is 10.5. The minimum atomic E-state index is 0.608. The first kappa shape index (κ1) is 26.6. The van der Waals surface area contributed by atoms with Crippen molar-refractivity contribution < 1.29 is 18.8 Å². The van der Waals surface area contributed by atoms with Gasteiger partial charge in [0.1, 0.15) is 6.20 Å². The third-order valence-corrected chi connectivity index (χ3v) is 8.06. The largest absolute Gasteiger partial charge is 0.493 e. The van der Waals surface area contributed by atoms with Crippen LogP contribution in [0.1, 0.15) is 12.0 Å². The van der Waals surface area contributed by atoms with Gasteiger partial charge >= 0.3 is 5.65 Å². The first-order valence-electron chi connectivity index (χ1n) is 14.4. The molecule has 0 N–H and O–H groups in total. The van der Waals surface area contributed by atoms with Crippen molar-refractivity contribution in [3.8, 4) is 39.8 Å². The SMILES string of the molecule is COc1cc(CCC[n+]2cc(-c3ccccc3)n3c4ccccc4n4c(-c5ccccc5)cnc4c32)cc(OC)c1OC. The quantitative estimate of drug-likeness (QED) is 0.175. The van der Waals surface area contributed by atoms with Gasteiger partial charge in [-0.25, -0.2) is 9.55 Å². The lowest BCUT2D eigenvalue weighted by atomic mass is 10.1. The minimum absolute atomic E-state index is 0.608. The molecule has 7 heteroatoms. The number of benzene rings is 4. The Bertz CT molecular complexity index is 2040. The monoisotopic (exact) mass is 569 g/mol. The van der Waals surface area contributed by atoms with Gasteiger partial charge in [0.05, 0.1) is 45.3 Å². The third-order valence-electron chi connectivity index (χ3n) is 8.06. The van der Waals surface area contributed by atoms with Gasteiger partial charge in [0.25, 0.3) is 0 Å². The lowest BCUT2D eigenvalue weighted by Gasteiger charge is -2.14. The topological polar surface area (TPSA) is 53.3 Å². The summed E-state index contributed by atoms with van der Waals surface area (Å²) in [6.07, 6.45) is 6.01. The van der Waals surface area contributed by atoms with Gasteiger partial charge in [0.15, 0.2) is 22.7 Å². The van der Waals surface area contributed by atoms with E-state index in [2.05, 4.69) is 98.4 Å². The van der Waals surface area contributed by atoms with E-state index in [1.54, 1.807) is 21.3 Å². The van der Waals surface area contributed by atoms with Crippen LogP contribution < -0.4 is 18.8 Å². The van der Waals surface area contributed by atoms with Gasteiger partial charge in [-0.05, 0) is 42.7 Å². The Labute approximate surface area is 250 Å². The molecular formula is C36H33N4O3+. The summed E-state index contributed by atoms with van der Waals surface area (Å²) < 4.78 is 23.7. The summed E-state index contributed by atoms with van der Waals surface area (Å²) in [5.74, 6) is 1.95. The predicted molar refractivity (Wildman–Crippen MR) is 169 cm³/mol. The highest BCUT2D eigenvalue weighted by atomic mass is 16.5. The van der Waals surface area contributed by atoms with E-state index in [0.717, 1.165) is 69.8 Å². The molecule has 0 saturated carbocycles. The molecule has 0 atom stereocenters. The minimum Gasteiger partial charge on any atom is -0.493 e. The van der Waals surface area contributed by atoms with Crippen LogP contribution in [0.3, 0.4) is 0 Å². The fraction of sp³-hybridized carbons (Fsp3) is 0.167. The molecule has 0 aliphatic heterocycles. The molecule has 0 unspecified atom stereocenters. The van der Waals surface area contributed by atoms with E-state index in [9.17, 15) is 0 Å². The molecule has 0 aliphatic carbocycles. The molecular weight excluding hydrogens is 536 g/mol. The molecule has 0 spiro atoms. The summed E-state index contributed by atoms with van der Waals surface area (Å²) in [6.45, 7) is 0.800. The van der Waals surface area contributed by atoms with Crippen molar-refractivity contribution in [2.45, 2.75) is 19.4 Å². The summed E-state index contributed by atoms with van der Waals surface area (Å²) in [5, 5.41) is 0. The number of para-hydroxylation sites is 2. The Morgan fingerprint density at radius 3 is 1.86 bits per heavy atom. The Balaban J connectivity index is 1.39. The second kappa shape index (κ2) is 11.2. The van der Waals surface area contributed by atoms with Crippen LogP contribution in [0.25, 0.3) is 44.8 Å². The number of ether oxygens (including phenoxy) is 3. The standard InChI is InChI=1S/C36H33N4O3/c1-41-32-21-25(22-33(42-2)34(32)43-3)13-12-20-38-24-31(27-16-8-5-9-17-27)40-29-19-11-10-18-28(29)39-30(23-37-35(39)36(38)40)26-14-6-4-7-15-26/h4-11,14-19,21-24H,12-13,20H2,1-3H3/q+1. The number of imidazole rings is 2. The van der Waals surface area contributed by atoms with Gasteiger partial charge < -0.3 is 14.2 Å². The van der Waals surface area contributed by atoms with Gasteiger partial charge in [-0.3, -0.25) is 4.40 Å². The van der Waals surface area contributed by atoms with Crippen molar-refractivity contribution >= 4 is 22.3 Å². The maximum absolute atomic E-state index is 5.60. The average molecular weight is 570 g/mol. The summed E-state index contributed by atoms with van der Waals surface area (Å²) in [4.78, 5) is 5.05.